The highest BCUT2D eigenvalue weighted by Crippen LogP contribution is 2.25. The summed E-state index contributed by atoms with van der Waals surface area (Å²) in [5.41, 5.74) is 0.203. The van der Waals surface area contributed by atoms with Gasteiger partial charge in [0.2, 0.25) is 0 Å². The first kappa shape index (κ1) is 19.3. The molecule has 0 atom stereocenters. The van der Waals surface area contributed by atoms with Crippen LogP contribution in [0.5, 0.6) is 5.75 Å². The molecule has 130 valence electrons. The summed E-state index contributed by atoms with van der Waals surface area (Å²) in [5.74, 6) is -2.03. The van der Waals surface area contributed by atoms with E-state index in [0.717, 1.165) is 12.1 Å². The summed E-state index contributed by atoms with van der Waals surface area (Å²) in [6, 6.07) is 2.83. The molecule has 1 aromatic rings. The summed E-state index contributed by atoms with van der Waals surface area (Å²) < 4.78 is 90.5. The van der Waals surface area contributed by atoms with Gasteiger partial charge in [0.15, 0.2) is 23.4 Å². The SMILES string of the molecule is FCC(F)(F)Oc1ccc(CNC(=S)NCC(F)(F)F)cc1F. The van der Waals surface area contributed by atoms with E-state index >= 15 is 0 Å². The second-order valence-electron chi connectivity index (χ2n) is 4.29. The first-order valence-electron chi connectivity index (χ1n) is 6.02. The zero-order valence-electron chi connectivity index (χ0n) is 11.3. The predicted octanol–water partition coefficient (Wildman–Crippen LogP) is 3.29. The lowest BCUT2D eigenvalue weighted by molar-refractivity contribution is -0.187. The van der Waals surface area contributed by atoms with Gasteiger partial charge in [0, 0.05) is 6.54 Å². The maximum absolute atomic E-state index is 13.5. The Hall–Kier alpha value is -1.78. The fourth-order valence-electron chi connectivity index (χ4n) is 1.35. The van der Waals surface area contributed by atoms with Gasteiger partial charge in [-0.25, -0.2) is 8.78 Å². The Morgan fingerprint density at radius 2 is 1.78 bits per heavy atom. The van der Waals surface area contributed by atoms with Crippen LogP contribution in [0.15, 0.2) is 18.2 Å². The quantitative estimate of drug-likeness (QED) is 0.600. The highest BCUT2D eigenvalue weighted by molar-refractivity contribution is 7.80. The molecule has 1 aromatic carbocycles. The summed E-state index contributed by atoms with van der Waals surface area (Å²) in [6.45, 7) is -3.60. The zero-order chi connectivity index (χ0) is 17.7. The molecule has 0 bridgehead atoms. The number of hydrogen-bond acceptors (Lipinski definition) is 2. The summed E-state index contributed by atoms with van der Waals surface area (Å²) >= 11 is 4.59. The summed E-state index contributed by atoms with van der Waals surface area (Å²) in [5, 5.41) is 3.96. The van der Waals surface area contributed by atoms with Gasteiger partial charge < -0.3 is 15.4 Å². The number of benzene rings is 1. The molecule has 2 N–H and O–H groups in total. The lowest BCUT2D eigenvalue weighted by Crippen LogP contribution is -2.40. The van der Waals surface area contributed by atoms with Crippen molar-refractivity contribution in [3.05, 3.63) is 29.6 Å². The topological polar surface area (TPSA) is 33.3 Å². The molecule has 0 amide bonds. The van der Waals surface area contributed by atoms with Crippen molar-refractivity contribution >= 4 is 17.3 Å². The van der Waals surface area contributed by atoms with Crippen molar-refractivity contribution in [3.63, 3.8) is 0 Å². The number of halogens is 7. The van der Waals surface area contributed by atoms with E-state index in [9.17, 15) is 30.7 Å². The van der Waals surface area contributed by atoms with Crippen LogP contribution < -0.4 is 15.4 Å². The first-order chi connectivity index (χ1) is 10.5. The molecule has 0 saturated carbocycles. The Balaban J connectivity index is 2.56. The molecule has 0 unspecified atom stereocenters. The molecule has 0 saturated heterocycles. The second kappa shape index (κ2) is 7.66. The maximum atomic E-state index is 13.5. The summed E-state index contributed by atoms with van der Waals surface area (Å²) in [7, 11) is 0. The third kappa shape index (κ3) is 7.35. The second-order valence-corrected chi connectivity index (χ2v) is 4.70. The van der Waals surface area contributed by atoms with E-state index in [2.05, 4.69) is 22.3 Å². The Kier molecular flexibility index (Phi) is 6.42. The molecule has 3 nitrogen and oxygen atoms in total. The van der Waals surface area contributed by atoms with Gasteiger partial charge in [-0.15, -0.1) is 0 Å². The van der Waals surface area contributed by atoms with Crippen LogP contribution in [0.2, 0.25) is 0 Å². The van der Waals surface area contributed by atoms with Crippen LogP contribution in [0.4, 0.5) is 30.7 Å². The van der Waals surface area contributed by atoms with Crippen LogP contribution in [0.3, 0.4) is 0 Å². The number of nitrogens with one attached hydrogen (secondary N) is 2. The Labute approximate surface area is 131 Å². The smallest absolute Gasteiger partial charge is 0.427 e. The molecule has 0 heterocycles. The van der Waals surface area contributed by atoms with Gasteiger partial charge in [-0.3, -0.25) is 0 Å². The van der Waals surface area contributed by atoms with E-state index in [1.807, 2.05) is 5.32 Å². The van der Waals surface area contributed by atoms with Crippen molar-refractivity contribution in [1.82, 2.24) is 10.6 Å². The Bertz CT molecular complexity index is 551. The number of alkyl halides is 6. The third-order valence-corrected chi connectivity index (χ3v) is 2.60. The molecular weight excluding hydrogens is 353 g/mol. The van der Waals surface area contributed by atoms with Crippen LogP contribution in [0.25, 0.3) is 0 Å². The van der Waals surface area contributed by atoms with Crippen molar-refractivity contribution in [3.8, 4) is 5.75 Å². The standard InChI is InChI=1S/C12H11F7N2OS/c13-5-12(18,19)22-9-2-1-7(3-8(9)14)4-20-10(23)21-6-11(15,16)17/h1-3H,4-6H2,(H2,20,21,23). The van der Waals surface area contributed by atoms with Crippen molar-refractivity contribution in [2.75, 3.05) is 13.2 Å². The molecule has 23 heavy (non-hydrogen) atoms. The van der Waals surface area contributed by atoms with E-state index in [4.69, 9.17) is 0 Å². The molecule has 0 fully saturated rings. The zero-order valence-corrected chi connectivity index (χ0v) is 12.1. The van der Waals surface area contributed by atoms with Crippen molar-refractivity contribution in [1.29, 1.82) is 0 Å². The largest absolute Gasteiger partial charge is 0.427 e. The average molecular weight is 364 g/mol. The molecule has 0 radical (unpaired) electrons. The predicted molar refractivity (Wildman–Crippen MR) is 71.4 cm³/mol. The van der Waals surface area contributed by atoms with E-state index in [1.54, 1.807) is 0 Å². The lowest BCUT2D eigenvalue weighted by atomic mass is 10.2. The molecule has 0 spiro atoms. The highest BCUT2D eigenvalue weighted by Gasteiger charge is 2.32. The van der Waals surface area contributed by atoms with Crippen LogP contribution >= 0.6 is 12.2 Å². The van der Waals surface area contributed by atoms with Gasteiger partial charge in [-0.1, -0.05) is 6.07 Å². The summed E-state index contributed by atoms with van der Waals surface area (Å²) in [4.78, 5) is 0. The normalized spacial score (nSPS) is 12.0. The highest BCUT2D eigenvalue weighted by atomic mass is 32.1. The van der Waals surface area contributed by atoms with Crippen molar-refractivity contribution in [2.45, 2.75) is 18.8 Å². The fourth-order valence-corrected chi connectivity index (χ4v) is 1.49. The van der Waals surface area contributed by atoms with E-state index in [0.29, 0.717) is 0 Å². The average Bonchev–Trinajstić information content (AvgIpc) is 2.44. The number of hydrogen-bond donors (Lipinski definition) is 2. The van der Waals surface area contributed by atoms with Crippen LogP contribution in [-0.2, 0) is 6.54 Å². The fraction of sp³-hybridized carbons (Fsp3) is 0.417. The Morgan fingerprint density at radius 1 is 1.13 bits per heavy atom. The number of ether oxygens (including phenoxy) is 1. The maximum Gasteiger partial charge on any atom is 0.427 e. The van der Waals surface area contributed by atoms with Crippen LogP contribution in [-0.4, -0.2) is 30.6 Å². The molecule has 0 aromatic heterocycles. The van der Waals surface area contributed by atoms with Gasteiger partial charge in [-0.2, -0.15) is 22.0 Å². The van der Waals surface area contributed by atoms with Crippen LogP contribution in [0.1, 0.15) is 5.56 Å². The lowest BCUT2D eigenvalue weighted by Gasteiger charge is -2.16. The monoisotopic (exact) mass is 364 g/mol. The minimum absolute atomic E-state index is 0.152. The molecular formula is C12H11F7N2OS. The first-order valence-corrected chi connectivity index (χ1v) is 6.43. The van der Waals surface area contributed by atoms with Gasteiger partial charge in [0.05, 0.1) is 0 Å². The van der Waals surface area contributed by atoms with Gasteiger partial charge in [0.1, 0.15) is 6.54 Å². The van der Waals surface area contributed by atoms with E-state index < -0.39 is 37.1 Å². The van der Waals surface area contributed by atoms with E-state index in [1.165, 1.54) is 6.07 Å². The van der Waals surface area contributed by atoms with Crippen molar-refractivity contribution < 1.29 is 35.5 Å². The van der Waals surface area contributed by atoms with Crippen molar-refractivity contribution in [2.24, 2.45) is 0 Å². The minimum atomic E-state index is -4.45. The van der Waals surface area contributed by atoms with E-state index in [-0.39, 0.29) is 17.2 Å². The third-order valence-electron chi connectivity index (χ3n) is 2.31. The molecule has 0 aliphatic heterocycles. The van der Waals surface area contributed by atoms with Gasteiger partial charge in [0.25, 0.3) is 0 Å². The van der Waals surface area contributed by atoms with Gasteiger partial charge >= 0.3 is 12.3 Å². The number of thiocarbonyl (C=S) groups is 1. The molecule has 0 aliphatic rings. The minimum Gasteiger partial charge on any atom is -0.427 e. The summed E-state index contributed by atoms with van der Waals surface area (Å²) in [6.07, 6.45) is -8.60. The molecule has 0 aliphatic carbocycles. The number of rotatable bonds is 6. The molecule has 11 heteroatoms. The van der Waals surface area contributed by atoms with Crippen LogP contribution in [0, 0.1) is 5.82 Å². The Morgan fingerprint density at radius 3 is 2.30 bits per heavy atom. The molecule has 1 rings (SSSR count). The van der Waals surface area contributed by atoms with Gasteiger partial charge in [-0.05, 0) is 29.9 Å².